The van der Waals surface area contributed by atoms with Crippen LogP contribution in [0.15, 0.2) is 45.8 Å². The van der Waals surface area contributed by atoms with Gasteiger partial charge in [-0.05, 0) is 70.5 Å². The van der Waals surface area contributed by atoms with Crippen molar-refractivity contribution in [3.05, 3.63) is 56.9 Å². The van der Waals surface area contributed by atoms with Gasteiger partial charge in [-0.3, -0.25) is 0 Å². The van der Waals surface area contributed by atoms with Gasteiger partial charge in [0.25, 0.3) is 0 Å². The van der Waals surface area contributed by atoms with Crippen LogP contribution in [0, 0.1) is 5.92 Å². The molecular weight excluding hydrogens is 292 g/mol. The van der Waals surface area contributed by atoms with Crippen molar-refractivity contribution in [2.24, 2.45) is 5.92 Å². The van der Waals surface area contributed by atoms with Crippen molar-refractivity contribution in [1.82, 2.24) is 0 Å². The fourth-order valence-corrected chi connectivity index (χ4v) is 3.76. The first-order chi connectivity index (χ1) is 10.4. The molecule has 0 aliphatic heterocycles. The molecule has 2 heteroatoms. The molecule has 0 unspecified atom stereocenters. The smallest absolute Gasteiger partial charge is 0.00209 e. The zero-order valence-electron chi connectivity index (χ0n) is 12.7. The molecule has 0 N–H and O–H groups in total. The maximum Gasteiger partial charge on any atom is -0.00209 e. The Balaban J connectivity index is 0.000000173. The second kappa shape index (κ2) is 9.75. The third-order valence-electron chi connectivity index (χ3n) is 3.66. The lowest BCUT2D eigenvalue weighted by atomic mass is 9.89. The lowest BCUT2D eigenvalue weighted by molar-refractivity contribution is 0.420. The Bertz CT molecular complexity index is 512. The van der Waals surface area contributed by atoms with Gasteiger partial charge in [-0.25, -0.2) is 0 Å². The van der Waals surface area contributed by atoms with Crippen molar-refractivity contribution in [3.63, 3.8) is 0 Å². The fraction of sp³-hybridized carbons (Fsp3) is 0.368. The van der Waals surface area contributed by atoms with Gasteiger partial charge < -0.3 is 0 Å². The summed E-state index contributed by atoms with van der Waals surface area (Å²) in [4.78, 5) is 0. The van der Waals surface area contributed by atoms with E-state index in [1.165, 1.54) is 43.2 Å². The van der Waals surface area contributed by atoms with Crippen molar-refractivity contribution >= 4 is 34.8 Å². The lowest BCUT2D eigenvalue weighted by Crippen LogP contribution is -2.02. The minimum atomic E-state index is 0.855. The van der Waals surface area contributed by atoms with Gasteiger partial charge in [-0.1, -0.05) is 43.6 Å². The van der Waals surface area contributed by atoms with Crippen molar-refractivity contribution < 1.29 is 0 Å². The van der Waals surface area contributed by atoms with Crippen molar-refractivity contribution in [2.75, 3.05) is 0 Å². The van der Waals surface area contributed by atoms with Gasteiger partial charge in [0.15, 0.2) is 0 Å². The molecule has 1 aliphatic carbocycles. The van der Waals surface area contributed by atoms with E-state index < -0.39 is 0 Å². The van der Waals surface area contributed by atoms with E-state index in [1.807, 2.05) is 13.0 Å². The largest absolute Gasteiger partial charge is 0.152 e. The molecule has 112 valence electrons. The molecule has 0 bridgehead atoms. The molecule has 2 aromatic rings. The Labute approximate surface area is 136 Å². The Hall–Kier alpha value is -1.12. The van der Waals surface area contributed by atoms with Crippen molar-refractivity contribution in [3.8, 4) is 0 Å². The molecule has 0 nitrogen and oxygen atoms in total. The van der Waals surface area contributed by atoms with E-state index in [9.17, 15) is 0 Å². The van der Waals surface area contributed by atoms with Crippen LogP contribution < -0.4 is 0 Å². The molecule has 3 rings (SSSR count). The summed E-state index contributed by atoms with van der Waals surface area (Å²) < 4.78 is 0. The molecule has 2 heterocycles. The third-order valence-corrected chi connectivity index (χ3v) is 5.06. The molecule has 0 atom stereocenters. The van der Waals surface area contributed by atoms with Gasteiger partial charge in [-0.2, -0.15) is 22.7 Å². The van der Waals surface area contributed by atoms with Gasteiger partial charge in [0, 0.05) is 0 Å². The van der Waals surface area contributed by atoms with E-state index >= 15 is 0 Å². The Morgan fingerprint density at radius 3 is 2.05 bits per heavy atom. The third kappa shape index (κ3) is 6.45. The molecule has 0 aromatic carbocycles. The highest BCUT2D eigenvalue weighted by atomic mass is 32.1. The summed E-state index contributed by atoms with van der Waals surface area (Å²) in [7, 11) is 0. The fourth-order valence-electron chi connectivity index (χ4n) is 2.51. The quantitative estimate of drug-likeness (QED) is 0.565. The molecule has 2 aromatic heterocycles. The second-order valence-electron chi connectivity index (χ2n) is 5.37. The van der Waals surface area contributed by atoms with Gasteiger partial charge in [-0.15, -0.1) is 0 Å². The standard InChI is InChI=1S/C12H16S.C7H8S/c1-2-4-11(5-3-1)6-7-12-8-9-13-10-12;1-2-3-7-4-5-8-6-7/h6-11H,1-5H2;2-6H,1H3/b7-6+;3-2+. The van der Waals surface area contributed by atoms with Crippen LogP contribution in [0.4, 0.5) is 0 Å². The summed E-state index contributed by atoms with van der Waals surface area (Å²) in [6.45, 7) is 2.03. The molecular formula is C19H24S2. The second-order valence-corrected chi connectivity index (χ2v) is 6.93. The highest BCUT2D eigenvalue weighted by Crippen LogP contribution is 2.25. The molecule has 1 fully saturated rings. The van der Waals surface area contributed by atoms with E-state index in [2.05, 4.69) is 51.9 Å². The van der Waals surface area contributed by atoms with E-state index in [1.54, 1.807) is 22.7 Å². The molecule has 1 saturated carbocycles. The summed E-state index contributed by atoms with van der Waals surface area (Å²) >= 11 is 3.50. The SMILES string of the molecule is C(=C\C1CCCCC1)/c1ccsc1.C/C=C/c1ccsc1. The van der Waals surface area contributed by atoms with Crippen molar-refractivity contribution in [1.29, 1.82) is 0 Å². The van der Waals surface area contributed by atoms with Crippen LogP contribution in [0.1, 0.15) is 50.2 Å². The van der Waals surface area contributed by atoms with E-state index in [0.29, 0.717) is 0 Å². The maximum atomic E-state index is 2.40. The number of hydrogen-bond donors (Lipinski definition) is 0. The first-order valence-electron chi connectivity index (χ1n) is 7.74. The van der Waals surface area contributed by atoms with Gasteiger partial charge in [0.2, 0.25) is 0 Å². The topological polar surface area (TPSA) is 0 Å². The van der Waals surface area contributed by atoms with Gasteiger partial charge in [0.05, 0.1) is 0 Å². The predicted octanol–water partition coefficient (Wildman–Crippen LogP) is 7.12. The molecule has 0 amide bonds. The normalized spacial score (nSPS) is 16.2. The Kier molecular flexibility index (Phi) is 7.55. The zero-order chi connectivity index (χ0) is 14.8. The Morgan fingerprint density at radius 1 is 0.905 bits per heavy atom. The highest BCUT2D eigenvalue weighted by Gasteiger charge is 2.09. The summed E-state index contributed by atoms with van der Waals surface area (Å²) in [5, 5.41) is 8.55. The van der Waals surface area contributed by atoms with Crippen LogP contribution in [-0.2, 0) is 0 Å². The van der Waals surface area contributed by atoms with Gasteiger partial charge >= 0.3 is 0 Å². The number of hydrogen-bond acceptors (Lipinski definition) is 2. The summed E-state index contributed by atoms with van der Waals surface area (Å²) in [5.74, 6) is 0.855. The van der Waals surface area contributed by atoms with Crippen LogP contribution in [0.5, 0.6) is 0 Å². The molecule has 0 spiro atoms. The highest BCUT2D eigenvalue weighted by molar-refractivity contribution is 7.08. The first-order valence-corrected chi connectivity index (χ1v) is 9.62. The van der Waals surface area contributed by atoms with Crippen molar-refractivity contribution in [2.45, 2.75) is 39.0 Å². The number of thiophene rings is 2. The molecule has 1 aliphatic rings. The molecule has 0 saturated heterocycles. The summed E-state index contributed by atoms with van der Waals surface area (Å²) in [6.07, 6.45) is 15.9. The van der Waals surface area contributed by atoms with E-state index in [-0.39, 0.29) is 0 Å². The van der Waals surface area contributed by atoms with Crippen LogP contribution in [0.3, 0.4) is 0 Å². The molecule has 0 radical (unpaired) electrons. The average molecular weight is 317 g/mol. The number of rotatable bonds is 3. The predicted molar refractivity (Wildman–Crippen MR) is 99.0 cm³/mol. The number of allylic oxidation sites excluding steroid dienone is 2. The molecule has 21 heavy (non-hydrogen) atoms. The lowest BCUT2D eigenvalue weighted by Gasteiger charge is -2.17. The summed E-state index contributed by atoms with van der Waals surface area (Å²) in [5.41, 5.74) is 2.67. The van der Waals surface area contributed by atoms with E-state index in [0.717, 1.165) is 5.92 Å². The minimum absolute atomic E-state index is 0.855. The van der Waals surface area contributed by atoms with Crippen LogP contribution in [-0.4, -0.2) is 0 Å². The first kappa shape index (κ1) is 16.3. The average Bonchev–Trinajstić information content (AvgIpc) is 3.21. The van der Waals surface area contributed by atoms with Gasteiger partial charge in [0.1, 0.15) is 0 Å². The van der Waals surface area contributed by atoms with E-state index in [4.69, 9.17) is 0 Å². The maximum absolute atomic E-state index is 2.40. The van der Waals surface area contributed by atoms with Crippen LogP contribution >= 0.6 is 22.7 Å². The van der Waals surface area contributed by atoms with Crippen LogP contribution in [0.2, 0.25) is 0 Å². The summed E-state index contributed by atoms with van der Waals surface area (Å²) in [6, 6.07) is 4.29. The Morgan fingerprint density at radius 2 is 1.52 bits per heavy atom. The zero-order valence-corrected chi connectivity index (χ0v) is 14.3. The monoisotopic (exact) mass is 316 g/mol. The minimum Gasteiger partial charge on any atom is -0.152 e. The van der Waals surface area contributed by atoms with Crippen LogP contribution in [0.25, 0.3) is 12.2 Å².